The van der Waals surface area contributed by atoms with Gasteiger partial charge >= 0.3 is 6.18 Å². The van der Waals surface area contributed by atoms with Crippen molar-refractivity contribution in [3.8, 4) is 0 Å². The predicted molar refractivity (Wildman–Crippen MR) is 107 cm³/mol. The molecule has 0 aliphatic carbocycles. The fourth-order valence-electron chi connectivity index (χ4n) is 3.67. The van der Waals surface area contributed by atoms with Gasteiger partial charge in [-0.15, -0.1) is 0 Å². The van der Waals surface area contributed by atoms with Crippen molar-refractivity contribution in [1.82, 2.24) is 14.9 Å². The van der Waals surface area contributed by atoms with Gasteiger partial charge in [0.25, 0.3) is 0 Å². The number of hydrogen-bond acceptors (Lipinski definition) is 4. The van der Waals surface area contributed by atoms with Crippen LogP contribution >= 0.6 is 0 Å². The number of morpholine rings is 1. The first-order chi connectivity index (χ1) is 14.5. The Labute approximate surface area is 173 Å². The van der Waals surface area contributed by atoms with E-state index in [0.29, 0.717) is 18.8 Å². The summed E-state index contributed by atoms with van der Waals surface area (Å²) in [7, 11) is 0. The Hall–Kier alpha value is -2.77. The van der Waals surface area contributed by atoms with Gasteiger partial charge in [0.2, 0.25) is 0 Å². The van der Waals surface area contributed by atoms with Gasteiger partial charge in [-0.2, -0.15) is 13.2 Å². The lowest BCUT2D eigenvalue weighted by molar-refractivity contribution is -0.138. The molecule has 1 aliphatic rings. The van der Waals surface area contributed by atoms with Crippen LogP contribution in [0.1, 0.15) is 34.3 Å². The van der Waals surface area contributed by atoms with Crippen LogP contribution in [-0.4, -0.2) is 34.6 Å². The molecule has 0 unspecified atom stereocenters. The molecule has 0 amide bonds. The first kappa shape index (κ1) is 20.5. The highest BCUT2D eigenvalue weighted by Gasteiger charge is 2.33. The van der Waals surface area contributed by atoms with Crippen LogP contribution < -0.4 is 0 Å². The third kappa shape index (κ3) is 5.04. The fourth-order valence-corrected chi connectivity index (χ4v) is 3.67. The maximum Gasteiger partial charge on any atom is 0.416 e. The number of benzene rings is 1. The lowest BCUT2D eigenvalue weighted by Crippen LogP contribution is -2.38. The summed E-state index contributed by atoms with van der Waals surface area (Å²) >= 11 is 0. The second kappa shape index (κ2) is 8.93. The zero-order chi connectivity index (χ0) is 21.0. The van der Waals surface area contributed by atoms with E-state index >= 15 is 0 Å². The zero-order valence-electron chi connectivity index (χ0n) is 16.3. The van der Waals surface area contributed by atoms with Crippen LogP contribution in [-0.2, 0) is 23.9 Å². The van der Waals surface area contributed by atoms with Crippen molar-refractivity contribution in [1.29, 1.82) is 0 Å². The standard InChI is InChI=1S/C23H22F3N3O/c24-23(25,26)20-9-2-1-6-17(20)14-18-8-5-10-21(28-18)22-16-29(12-13-30-22)15-19-7-3-4-11-27-19/h1-11,22H,12-16H2/t22-/m1/s1. The minimum atomic E-state index is -4.38. The molecule has 1 fully saturated rings. The van der Waals surface area contributed by atoms with Crippen LogP contribution in [0.5, 0.6) is 0 Å². The maximum absolute atomic E-state index is 13.3. The first-order valence-corrected chi connectivity index (χ1v) is 9.84. The molecule has 156 valence electrons. The fraction of sp³-hybridized carbons (Fsp3) is 0.304. The van der Waals surface area contributed by atoms with Gasteiger partial charge < -0.3 is 4.74 Å². The van der Waals surface area contributed by atoms with Crippen molar-refractivity contribution in [2.24, 2.45) is 0 Å². The molecule has 0 saturated carbocycles. The zero-order valence-corrected chi connectivity index (χ0v) is 16.3. The van der Waals surface area contributed by atoms with E-state index in [2.05, 4.69) is 14.9 Å². The van der Waals surface area contributed by atoms with Crippen molar-refractivity contribution in [2.75, 3.05) is 19.7 Å². The lowest BCUT2D eigenvalue weighted by atomic mass is 10.0. The molecule has 0 bridgehead atoms. The van der Waals surface area contributed by atoms with Crippen LogP contribution in [0.25, 0.3) is 0 Å². The molecule has 1 aliphatic heterocycles. The molecule has 1 aromatic carbocycles. The van der Waals surface area contributed by atoms with E-state index < -0.39 is 11.7 Å². The summed E-state index contributed by atoms with van der Waals surface area (Å²) in [6.45, 7) is 2.75. The minimum Gasteiger partial charge on any atom is -0.369 e. The van der Waals surface area contributed by atoms with Gasteiger partial charge in [0.15, 0.2) is 0 Å². The van der Waals surface area contributed by atoms with Gasteiger partial charge in [0, 0.05) is 37.9 Å². The highest BCUT2D eigenvalue weighted by atomic mass is 19.4. The molecule has 30 heavy (non-hydrogen) atoms. The predicted octanol–water partition coefficient (Wildman–Crippen LogP) is 4.66. The maximum atomic E-state index is 13.3. The first-order valence-electron chi connectivity index (χ1n) is 9.84. The van der Waals surface area contributed by atoms with Gasteiger partial charge in [-0.25, -0.2) is 0 Å². The van der Waals surface area contributed by atoms with Crippen LogP contribution in [0.4, 0.5) is 13.2 Å². The second-order valence-electron chi connectivity index (χ2n) is 7.30. The van der Waals surface area contributed by atoms with Crippen molar-refractivity contribution < 1.29 is 17.9 Å². The average Bonchev–Trinajstić information content (AvgIpc) is 2.75. The van der Waals surface area contributed by atoms with Crippen LogP contribution in [0.3, 0.4) is 0 Å². The normalized spacial score (nSPS) is 17.8. The molecular formula is C23H22F3N3O. The van der Waals surface area contributed by atoms with E-state index in [0.717, 1.165) is 30.5 Å². The highest BCUT2D eigenvalue weighted by Crippen LogP contribution is 2.33. The third-order valence-electron chi connectivity index (χ3n) is 5.11. The molecule has 4 nitrogen and oxygen atoms in total. The van der Waals surface area contributed by atoms with E-state index in [1.54, 1.807) is 18.3 Å². The molecule has 3 heterocycles. The number of aromatic nitrogens is 2. The van der Waals surface area contributed by atoms with E-state index in [1.807, 2.05) is 30.3 Å². The topological polar surface area (TPSA) is 38.2 Å². The summed E-state index contributed by atoms with van der Waals surface area (Å²) in [5, 5.41) is 0. The highest BCUT2D eigenvalue weighted by molar-refractivity contribution is 5.33. The Morgan fingerprint density at radius 2 is 1.77 bits per heavy atom. The quantitative estimate of drug-likeness (QED) is 0.610. The monoisotopic (exact) mass is 413 g/mol. The van der Waals surface area contributed by atoms with E-state index in [-0.39, 0.29) is 18.1 Å². The number of ether oxygens (including phenoxy) is 1. The smallest absolute Gasteiger partial charge is 0.369 e. The van der Waals surface area contributed by atoms with Crippen LogP contribution in [0, 0.1) is 0 Å². The largest absolute Gasteiger partial charge is 0.416 e. The van der Waals surface area contributed by atoms with Crippen molar-refractivity contribution in [3.05, 3.63) is 95.1 Å². The number of nitrogens with zero attached hydrogens (tertiary/aromatic N) is 3. The molecule has 1 atom stereocenters. The molecule has 2 aromatic heterocycles. The number of hydrogen-bond donors (Lipinski definition) is 0. The molecule has 7 heteroatoms. The molecule has 3 aromatic rings. The summed E-state index contributed by atoms with van der Waals surface area (Å²) in [5.41, 5.74) is 1.92. The third-order valence-corrected chi connectivity index (χ3v) is 5.11. The van der Waals surface area contributed by atoms with Crippen molar-refractivity contribution in [2.45, 2.75) is 25.2 Å². The minimum absolute atomic E-state index is 0.119. The van der Waals surface area contributed by atoms with E-state index in [4.69, 9.17) is 4.74 Å². The van der Waals surface area contributed by atoms with Crippen LogP contribution in [0.15, 0.2) is 66.9 Å². The van der Waals surface area contributed by atoms with Gasteiger partial charge in [0.05, 0.1) is 23.6 Å². The molecule has 4 rings (SSSR count). The Morgan fingerprint density at radius 1 is 0.967 bits per heavy atom. The van der Waals surface area contributed by atoms with E-state index in [1.165, 1.54) is 12.1 Å². The Kier molecular flexibility index (Phi) is 6.11. The molecule has 0 radical (unpaired) electrons. The van der Waals surface area contributed by atoms with Crippen molar-refractivity contribution in [3.63, 3.8) is 0 Å². The molecule has 0 spiro atoms. The summed E-state index contributed by atoms with van der Waals surface area (Å²) in [6.07, 6.45) is -2.71. The van der Waals surface area contributed by atoms with Crippen molar-refractivity contribution >= 4 is 0 Å². The number of pyridine rings is 2. The SMILES string of the molecule is FC(F)(F)c1ccccc1Cc1cccc([C@H]2CN(Cc3ccccn3)CCO2)n1. The molecule has 1 saturated heterocycles. The van der Waals surface area contributed by atoms with Gasteiger partial charge in [-0.1, -0.05) is 30.3 Å². The van der Waals surface area contributed by atoms with Crippen LogP contribution in [0.2, 0.25) is 0 Å². The summed E-state index contributed by atoms with van der Waals surface area (Å²) in [5.74, 6) is 0. The number of alkyl halides is 3. The number of rotatable bonds is 5. The molecule has 0 N–H and O–H groups in total. The Bertz CT molecular complexity index is 979. The average molecular weight is 413 g/mol. The van der Waals surface area contributed by atoms with Gasteiger partial charge in [0.1, 0.15) is 6.10 Å². The van der Waals surface area contributed by atoms with Gasteiger partial charge in [-0.3, -0.25) is 14.9 Å². The summed E-state index contributed by atoms with van der Waals surface area (Å²) < 4.78 is 45.8. The van der Waals surface area contributed by atoms with E-state index in [9.17, 15) is 13.2 Å². The summed E-state index contributed by atoms with van der Waals surface area (Å²) in [4.78, 5) is 11.2. The Balaban J connectivity index is 1.48. The molecular weight excluding hydrogens is 391 g/mol. The summed E-state index contributed by atoms with van der Waals surface area (Å²) in [6, 6.07) is 16.9. The second-order valence-corrected chi connectivity index (χ2v) is 7.30. The number of halogens is 3. The lowest BCUT2D eigenvalue weighted by Gasteiger charge is -2.32. The van der Waals surface area contributed by atoms with Gasteiger partial charge in [-0.05, 0) is 35.9 Å². The Morgan fingerprint density at radius 3 is 2.57 bits per heavy atom.